The Hall–Kier alpha value is -1.41. The maximum Gasteiger partial charge on any atom is 0.124 e. The summed E-state index contributed by atoms with van der Waals surface area (Å²) < 4.78 is 1.32. The van der Waals surface area contributed by atoms with Gasteiger partial charge in [-0.3, -0.25) is 0 Å². The van der Waals surface area contributed by atoms with Crippen molar-refractivity contribution < 1.29 is 0 Å². The summed E-state index contributed by atoms with van der Waals surface area (Å²) in [4.78, 5) is 4.54. The first kappa shape index (κ1) is 8.86. The zero-order valence-electron chi connectivity index (χ0n) is 8.47. The molecule has 1 aromatic carbocycles. The molecule has 74 valence electrons. The van der Waals surface area contributed by atoms with E-state index in [9.17, 15) is 0 Å². The van der Waals surface area contributed by atoms with Gasteiger partial charge in [-0.2, -0.15) is 0 Å². The third-order valence-electron chi connectivity index (χ3n) is 2.61. The molecule has 0 bridgehead atoms. The molecular formula is C13H11NS. The second kappa shape index (κ2) is 3.31. The predicted molar refractivity (Wildman–Crippen MR) is 68.2 cm³/mol. The van der Waals surface area contributed by atoms with Crippen LogP contribution >= 0.6 is 11.3 Å². The Morgan fingerprint density at radius 2 is 2.13 bits per heavy atom. The number of fused-ring (bicyclic) bond motifs is 3. The van der Waals surface area contributed by atoms with E-state index < -0.39 is 0 Å². The van der Waals surface area contributed by atoms with Crippen LogP contribution in [0.25, 0.3) is 16.2 Å². The van der Waals surface area contributed by atoms with Crippen molar-refractivity contribution in [3.63, 3.8) is 0 Å². The van der Waals surface area contributed by atoms with Crippen LogP contribution in [-0.4, -0.2) is 6.21 Å². The second-order valence-electron chi connectivity index (χ2n) is 3.81. The van der Waals surface area contributed by atoms with Crippen LogP contribution in [0.1, 0.15) is 12.5 Å². The Morgan fingerprint density at radius 1 is 1.27 bits per heavy atom. The Morgan fingerprint density at radius 3 is 3.07 bits per heavy atom. The van der Waals surface area contributed by atoms with E-state index in [-0.39, 0.29) is 0 Å². The summed E-state index contributed by atoms with van der Waals surface area (Å²) in [5.41, 5.74) is 1.27. The number of allylic oxidation sites excluding steroid dienone is 1. The van der Waals surface area contributed by atoms with Crippen molar-refractivity contribution >= 4 is 38.7 Å². The van der Waals surface area contributed by atoms with Crippen molar-refractivity contribution in [2.45, 2.75) is 6.92 Å². The van der Waals surface area contributed by atoms with Crippen LogP contribution in [0.2, 0.25) is 0 Å². The Kier molecular flexibility index (Phi) is 1.96. The monoisotopic (exact) mass is 213 g/mol. The zero-order valence-corrected chi connectivity index (χ0v) is 9.29. The van der Waals surface area contributed by atoms with Gasteiger partial charge in [-0.15, -0.1) is 11.3 Å². The number of nitrogens with zero attached hydrogens (tertiary/aromatic N) is 1. The van der Waals surface area contributed by atoms with E-state index in [1.165, 1.54) is 15.6 Å². The van der Waals surface area contributed by atoms with Gasteiger partial charge >= 0.3 is 0 Å². The molecule has 1 nitrogen and oxygen atoms in total. The van der Waals surface area contributed by atoms with Gasteiger partial charge in [0.15, 0.2) is 0 Å². The maximum absolute atomic E-state index is 4.54. The molecular weight excluding hydrogens is 202 g/mol. The van der Waals surface area contributed by atoms with Crippen LogP contribution in [0.4, 0.5) is 5.00 Å². The highest BCUT2D eigenvalue weighted by Gasteiger charge is 2.10. The van der Waals surface area contributed by atoms with E-state index in [2.05, 4.69) is 48.3 Å². The number of aliphatic imine (C=N–C) groups is 1. The standard InChI is InChI=1S/C13H11NS/c1-9-6-7-11-10-4-2-3-5-12(10)15-13(11)14-8-9/h2-9H,1H3/t9-/m1/s1. The van der Waals surface area contributed by atoms with Gasteiger partial charge in [-0.1, -0.05) is 37.3 Å². The lowest BCUT2D eigenvalue weighted by Gasteiger charge is -1.92. The minimum Gasteiger partial charge on any atom is -0.249 e. The smallest absolute Gasteiger partial charge is 0.124 e. The highest BCUT2D eigenvalue weighted by atomic mass is 32.1. The van der Waals surface area contributed by atoms with Crippen LogP contribution in [0.15, 0.2) is 35.3 Å². The molecule has 1 aliphatic heterocycles. The molecule has 0 aliphatic carbocycles. The minimum absolute atomic E-state index is 0.434. The minimum atomic E-state index is 0.434. The van der Waals surface area contributed by atoms with Gasteiger partial charge in [0, 0.05) is 27.8 Å². The van der Waals surface area contributed by atoms with Gasteiger partial charge in [0.1, 0.15) is 5.00 Å². The van der Waals surface area contributed by atoms with Crippen molar-refractivity contribution in [1.82, 2.24) is 0 Å². The maximum atomic E-state index is 4.54. The predicted octanol–water partition coefficient (Wildman–Crippen LogP) is 4.27. The van der Waals surface area contributed by atoms with Crippen molar-refractivity contribution in [2.75, 3.05) is 0 Å². The first-order valence-corrected chi connectivity index (χ1v) is 5.90. The Balaban J connectivity index is 2.33. The van der Waals surface area contributed by atoms with Crippen LogP contribution < -0.4 is 0 Å². The second-order valence-corrected chi connectivity index (χ2v) is 4.84. The molecule has 0 unspecified atom stereocenters. The molecule has 2 heteroatoms. The summed E-state index contributed by atoms with van der Waals surface area (Å²) in [6.45, 7) is 2.15. The van der Waals surface area contributed by atoms with Crippen molar-refractivity contribution in [1.29, 1.82) is 0 Å². The van der Waals surface area contributed by atoms with Crippen molar-refractivity contribution in [3.05, 3.63) is 35.9 Å². The van der Waals surface area contributed by atoms with E-state index in [0.717, 1.165) is 5.00 Å². The van der Waals surface area contributed by atoms with Gasteiger partial charge in [0.25, 0.3) is 0 Å². The third kappa shape index (κ3) is 1.41. The van der Waals surface area contributed by atoms with Gasteiger partial charge in [0.05, 0.1) is 0 Å². The number of benzene rings is 1. The van der Waals surface area contributed by atoms with Crippen LogP contribution in [0, 0.1) is 5.92 Å². The van der Waals surface area contributed by atoms with E-state index >= 15 is 0 Å². The summed E-state index contributed by atoms with van der Waals surface area (Å²) in [5, 5.41) is 2.46. The number of hydrogen-bond donors (Lipinski definition) is 0. The molecule has 0 amide bonds. The van der Waals surface area contributed by atoms with Crippen LogP contribution in [0.3, 0.4) is 0 Å². The molecule has 3 rings (SSSR count). The molecule has 15 heavy (non-hydrogen) atoms. The molecule has 0 spiro atoms. The van der Waals surface area contributed by atoms with E-state index in [0.29, 0.717) is 5.92 Å². The summed E-state index contributed by atoms with van der Waals surface area (Å²) in [6.07, 6.45) is 6.41. The largest absolute Gasteiger partial charge is 0.249 e. The van der Waals surface area contributed by atoms with Crippen molar-refractivity contribution in [3.8, 4) is 0 Å². The summed E-state index contributed by atoms with van der Waals surface area (Å²) in [6, 6.07) is 8.48. The lowest BCUT2D eigenvalue weighted by molar-refractivity contribution is 1.04. The van der Waals surface area contributed by atoms with E-state index in [1.54, 1.807) is 11.3 Å². The normalized spacial score (nSPS) is 19.1. The molecule has 0 radical (unpaired) electrons. The molecule has 1 atom stereocenters. The van der Waals surface area contributed by atoms with E-state index in [1.807, 2.05) is 6.21 Å². The summed E-state index contributed by atoms with van der Waals surface area (Å²) in [5.74, 6) is 0.434. The summed E-state index contributed by atoms with van der Waals surface area (Å²) >= 11 is 1.77. The SMILES string of the molecule is C[C@@H]1C=Cc2c(sc3ccccc23)N=C1. The Bertz CT molecular complexity index is 563. The highest BCUT2D eigenvalue weighted by molar-refractivity contribution is 7.23. The average molecular weight is 213 g/mol. The number of hydrogen-bond acceptors (Lipinski definition) is 2. The molecule has 1 aromatic heterocycles. The molecule has 2 heterocycles. The van der Waals surface area contributed by atoms with Gasteiger partial charge < -0.3 is 0 Å². The number of rotatable bonds is 0. The molecule has 0 saturated heterocycles. The quantitative estimate of drug-likeness (QED) is 0.620. The van der Waals surface area contributed by atoms with Gasteiger partial charge in [0.2, 0.25) is 0 Å². The molecule has 1 aliphatic rings. The fourth-order valence-corrected chi connectivity index (χ4v) is 2.84. The topological polar surface area (TPSA) is 12.4 Å². The van der Waals surface area contributed by atoms with Crippen LogP contribution in [0.5, 0.6) is 0 Å². The van der Waals surface area contributed by atoms with E-state index in [4.69, 9.17) is 0 Å². The van der Waals surface area contributed by atoms with Gasteiger partial charge in [-0.05, 0) is 6.07 Å². The first-order chi connectivity index (χ1) is 7.34. The lowest BCUT2D eigenvalue weighted by Crippen LogP contribution is -1.86. The average Bonchev–Trinajstić information content (AvgIpc) is 2.51. The fraction of sp³-hybridized carbons (Fsp3) is 0.154. The molecule has 0 N–H and O–H groups in total. The molecule has 0 saturated carbocycles. The van der Waals surface area contributed by atoms with Gasteiger partial charge in [-0.25, -0.2) is 4.99 Å². The lowest BCUT2D eigenvalue weighted by atomic mass is 10.1. The summed E-state index contributed by atoms with van der Waals surface area (Å²) in [7, 11) is 0. The Labute approximate surface area is 92.8 Å². The van der Waals surface area contributed by atoms with Crippen LogP contribution in [-0.2, 0) is 0 Å². The molecule has 0 fully saturated rings. The fourth-order valence-electron chi connectivity index (χ4n) is 1.79. The number of thiophene rings is 1. The third-order valence-corrected chi connectivity index (χ3v) is 3.70. The highest BCUT2D eigenvalue weighted by Crippen LogP contribution is 2.39. The zero-order chi connectivity index (χ0) is 10.3. The van der Waals surface area contributed by atoms with Crippen molar-refractivity contribution in [2.24, 2.45) is 10.9 Å². The molecule has 2 aromatic rings. The first-order valence-electron chi connectivity index (χ1n) is 5.08.